The molecule has 0 aliphatic carbocycles. The molecule has 7 heteroatoms. The molecule has 2 amide bonds. The van der Waals surface area contributed by atoms with E-state index in [0.29, 0.717) is 43.5 Å². The molecule has 3 aliphatic heterocycles. The number of hydrogen-bond acceptors (Lipinski definition) is 5. The summed E-state index contributed by atoms with van der Waals surface area (Å²) in [5, 5.41) is 2.77. The third kappa shape index (κ3) is 5.27. The Hall–Kier alpha value is -3.29. The maximum absolute atomic E-state index is 12.9. The first kappa shape index (κ1) is 24.4. The van der Waals surface area contributed by atoms with Crippen molar-refractivity contribution in [3.05, 3.63) is 82.6 Å². The van der Waals surface area contributed by atoms with Gasteiger partial charge in [0.25, 0.3) is 5.91 Å². The van der Waals surface area contributed by atoms with E-state index in [1.54, 1.807) is 4.90 Å². The van der Waals surface area contributed by atoms with Gasteiger partial charge in [0.2, 0.25) is 5.91 Å². The Labute approximate surface area is 212 Å². The number of fused-ring (bicyclic) bond motifs is 1. The monoisotopic (exact) mass is 486 g/mol. The average molecular weight is 487 g/mol. The van der Waals surface area contributed by atoms with Crippen LogP contribution in [0.3, 0.4) is 0 Å². The van der Waals surface area contributed by atoms with E-state index in [1.165, 1.54) is 5.56 Å². The first-order valence-corrected chi connectivity index (χ1v) is 12.8. The first-order chi connectivity index (χ1) is 17.4. The normalized spacial score (nSPS) is 21.0. The number of rotatable bonds is 7. The number of carbonyl (C=O) groups is 3. The number of Topliss-reactive ketones (excluding diaryl/α,β-unsaturated/α-hetero) is 1. The quantitative estimate of drug-likeness (QED) is 0.609. The summed E-state index contributed by atoms with van der Waals surface area (Å²) in [6.45, 7) is 9.50. The summed E-state index contributed by atoms with van der Waals surface area (Å²) in [4.78, 5) is 44.6. The zero-order valence-corrected chi connectivity index (χ0v) is 21.0. The largest absolute Gasteiger partial charge is 0.329 e. The molecular formula is C29H34N4O3. The smallest absolute Gasteiger partial charge is 0.255 e. The topological polar surface area (TPSA) is 73.0 Å². The van der Waals surface area contributed by atoms with E-state index in [1.807, 2.05) is 30.3 Å². The molecule has 1 unspecified atom stereocenters. The number of nitrogens with zero attached hydrogens (tertiary/aromatic N) is 3. The number of nitrogens with one attached hydrogen (secondary N) is 1. The fourth-order valence-electron chi connectivity index (χ4n) is 5.33. The van der Waals surface area contributed by atoms with Crippen molar-refractivity contribution < 1.29 is 14.4 Å². The van der Waals surface area contributed by atoms with E-state index in [-0.39, 0.29) is 17.6 Å². The Morgan fingerprint density at radius 3 is 2.47 bits per heavy atom. The molecule has 2 aromatic carbocycles. The van der Waals surface area contributed by atoms with Gasteiger partial charge in [-0.2, -0.15) is 0 Å². The van der Waals surface area contributed by atoms with E-state index >= 15 is 0 Å². The standard InChI is InChI=1S/C29H34N4O3/c1-20-3-11-26(28(35)30-20)33-19-24-17-21(6-10-25(24)29(33)36)7-12-27(34)23-8-4-22(5-9-23)18-32-15-13-31(2)14-16-32/h4-6,8-10,17,26H,1,3,7,11-16,18-19H2,2H3,(H,30,35). The molecule has 2 fully saturated rings. The van der Waals surface area contributed by atoms with Gasteiger partial charge in [0.1, 0.15) is 6.04 Å². The highest BCUT2D eigenvalue weighted by molar-refractivity contribution is 6.01. The molecule has 2 aromatic rings. The summed E-state index contributed by atoms with van der Waals surface area (Å²) in [5.74, 6) is -0.136. The van der Waals surface area contributed by atoms with Gasteiger partial charge in [-0.15, -0.1) is 0 Å². The highest BCUT2D eigenvalue weighted by atomic mass is 16.2. The molecule has 0 bridgehead atoms. The van der Waals surface area contributed by atoms with Crippen molar-refractivity contribution in [2.45, 2.75) is 44.8 Å². The number of piperidine rings is 1. The van der Waals surface area contributed by atoms with Gasteiger partial charge in [-0.25, -0.2) is 0 Å². The van der Waals surface area contributed by atoms with Crippen LogP contribution >= 0.6 is 0 Å². The number of likely N-dealkylation sites (N-methyl/N-ethyl adjacent to an activating group) is 1. The highest BCUT2D eigenvalue weighted by Gasteiger charge is 2.38. The second-order valence-electron chi connectivity index (χ2n) is 10.3. The lowest BCUT2D eigenvalue weighted by Gasteiger charge is -2.32. The molecule has 2 saturated heterocycles. The molecule has 188 valence electrons. The Balaban J connectivity index is 1.16. The first-order valence-electron chi connectivity index (χ1n) is 12.8. The summed E-state index contributed by atoms with van der Waals surface area (Å²) in [6.07, 6.45) is 2.31. The zero-order valence-electron chi connectivity index (χ0n) is 21.0. The second-order valence-corrected chi connectivity index (χ2v) is 10.3. The molecule has 5 rings (SSSR count). The minimum absolute atomic E-state index is 0.100. The highest BCUT2D eigenvalue weighted by Crippen LogP contribution is 2.29. The predicted molar refractivity (Wildman–Crippen MR) is 138 cm³/mol. The maximum Gasteiger partial charge on any atom is 0.255 e. The fourth-order valence-corrected chi connectivity index (χ4v) is 5.33. The van der Waals surface area contributed by atoms with Crippen LogP contribution in [0.2, 0.25) is 0 Å². The van der Waals surface area contributed by atoms with Crippen molar-refractivity contribution in [1.82, 2.24) is 20.0 Å². The van der Waals surface area contributed by atoms with E-state index in [0.717, 1.165) is 49.4 Å². The molecule has 7 nitrogen and oxygen atoms in total. The fraction of sp³-hybridized carbons (Fsp3) is 0.414. The van der Waals surface area contributed by atoms with Crippen LogP contribution in [0.4, 0.5) is 0 Å². The third-order valence-electron chi connectivity index (χ3n) is 7.62. The number of hydrogen-bond donors (Lipinski definition) is 1. The summed E-state index contributed by atoms with van der Waals surface area (Å²) in [6, 6.07) is 13.3. The van der Waals surface area contributed by atoms with Gasteiger partial charge in [0, 0.05) is 62.5 Å². The average Bonchev–Trinajstić information content (AvgIpc) is 3.20. The number of benzene rings is 2. The number of ketones is 1. The minimum atomic E-state index is -0.459. The second kappa shape index (κ2) is 10.4. The predicted octanol–water partition coefficient (Wildman–Crippen LogP) is 3.00. The van der Waals surface area contributed by atoms with Crippen LogP contribution in [-0.2, 0) is 24.3 Å². The van der Waals surface area contributed by atoms with Gasteiger partial charge in [-0.05, 0) is 49.1 Å². The van der Waals surface area contributed by atoms with Crippen LogP contribution < -0.4 is 5.32 Å². The van der Waals surface area contributed by atoms with Crippen molar-refractivity contribution in [1.29, 1.82) is 0 Å². The van der Waals surface area contributed by atoms with Crippen molar-refractivity contribution >= 4 is 17.6 Å². The van der Waals surface area contributed by atoms with Crippen LogP contribution in [0, 0.1) is 0 Å². The Kier molecular flexibility index (Phi) is 7.03. The van der Waals surface area contributed by atoms with Crippen LogP contribution in [0.15, 0.2) is 54.7 Å². The van der Waals surface area contributed by atoms with Crippen molar-refractivity contribution in [3.8, 4) is 0 Å². The number of piperazine rings is 1. The molecule has 1 atom stereocenters. The molecule has 1 N–H and O–H groups in total. The van der Waals surface area contributed by atoms with Gasteiger partial charge in [-0.1, -0.05) is 43.0 Å². The van der Waals surface area contributed by atoms with Crippen LogP contribution in [-0.4, -0.2) is 71.6 Å². The van der Waals surface area contributed by atoms with Crippen molar-refractivity contribution in [2.24, 2.45) is 0 Å². The number of carbonyl (C=O) groups excluding carboxylic acids is 3. The number of allylic oxidation sites excluding steroid dienone is 1. The van der Waals surface area contributed by atoms with Gasteiger partial charge < -0.3 is 15.1 Å². The molecular weight excluding hydrogens is 452 g/mol. The maximum atomic E-state index is 12.9. The van der Waals surface area contributed by atoms with Crippen LogP contribution in [0.25, 0.3) is 0 Å². The lowest BCUT2D eigenvalue weighted by atomic mass is 9.99. The molecule has 3 aliphatic rings. The Bertz CT molecular complexity index is 1180. The zero-order chi connectivity index (χ0) is 25.2. The van der Waals surface area contributed by atoms with Gasteiger partial charge in [0.05, 0.1) is 0 Å². The van der Waals surface area contributed by atoms with Crippen LogP contribution in [0.1, 0.15) is 56.7 Å². The van der Waals surface area contributed by atoms with Crippen molar-refractivity contribution in [3.63, 3.8) is 0 Å². The molecule has 0 aromatic heterocycles. The summed E-state index contributed by atoms with van der Waals surface area (Å²) < 4.78 is 0. The summed E-state index contributed by atoms with van der Waals surface area (Å²) in [7, 11) is 2.16. The molecule has 0 spiro atoms. The van der Waals surface area contributed by atoms with Gasteiger partial charge in [0.15, 0.2) is 5.78 Å². The Morgan fingerprint density at radius 1 is 1.03 bits per heavy atom. The van der Waals surface area contributed by atoms with E-state index in [2.05, 4.69) is 40.9 Å². The lowest BCUT2D eigenvalue weighted by molar-refractivity contribution is -0.126. The summed E-state index contributed by atoms with van der Waals surface area (Å²) in [5.41, 5.74) is 5.29. The number of aryl methyl sites for hydroxylation is 1. The Morgan fingerprint density at radius 2 is 1.75 bits per heavy atom. The van der Waals surface area contributed by atoms with Crippen LogP contribution in [0.5, 0.6) is 0 Å². The molecule has 0 radical (unpaired) electrons. The van der Waals surface area contributed by atoms with E-state index in [4.69, 9.17) is 0 Å². The third-order valence-corrected chi connectivity index (χ3v) is 7.62. The SMILES string of the molecule is C=C1CCC(N2Cc3cc(CCC(=O)c4ccc(CN5CCN(C)CC5)cc4)ccc3C2=O)C(=O)N1. The van der Waals surface area contributed by atoms with Crippen molar-refractivity contribution in [2.75, 3.05) is 33.2 Å². The van der Waals surface area contributed by atoms with Gasteiger partial charge >= 0.3 is 0 Å². The minimum Gasteiger partial charge on any atom is -0.329 e. The molecule has 0 saturated carbocycles. The van der Waals surface area contributed by atoms with E-state index in [9.17, 15) is 14.4 Å². The lowest BCUT2D eigenvalue weighted by Crippen LogP contribution is -2.49. The molecule has 3 heterocycles. The number of amides is 2. The van der Waals surface area contributed by atoms with E-state index < -0.39 is 6.04 Å². The summed E-state index contributed by atoms with van der Waals surface area (Å²) >= 11 is 0. The molecule has 36 heavy (non-hydrogen) atoms. The van der Waals surface area contributed by atoms with Gasteiger partial charge in [-0.3, -0.25) is 19.3 Å².